The van der Waals surface area contributed by atoms with Gasteiger partial charge in [-0.25, -0.2) is 0 Å². The maximum absolute atomic E-state index is 11.3. The Morgan fingerprint density at radius 2 is 2.20 bits per heavy atom. The Morgan fingerprint density at radius 1 is 1.53 bits per heavy atom. The molecule has 0 heterocycles. The van der Waals surface area contributed by atoms with E-state index in [1.54, 1.807) is 6.92 Å². The monoisotopic (exact) mass is 226 g/mol. The molecule has 0 bridgehead atoms. The van der Waals surface area contributed by atoms with Crippen molar-refractivity contribution in [3.8, 4) is 5.75 Å². The van der Waals surface area contributed by atoms with E-state index >= 15 is 0 Å². The van der Waals surface area contributed by atoms with Gasteiger partial charge in [0.25, 0.3) is 0 Å². The third-order valence-electron chi connectivity index (χ3n) is 1.86. The van der Waals surface area contributed by atoms with Gasteiger partial charge in [0.2, 0.25) is 0 Å². The molecule has 0 spiro atoms. The predicted molar refractivity (Wildman–Crippen MR) is 58.0 cm³/mol. The molecule has 0 unspecified atom stereocenters. The van der Waals surface area contributed by atoms with Crippen molar-refractivity contribution in [1.29, 1.82) is 0 Å². The molecule has 0 aliphatic heterocycles. The molecule has 15 heavy (non-hydrogen) atoms. The third kappa shape index (κ3) is 2.57. The standard InChI is InChI=1S/C11H11ClO3/c1-3-15-10-5-8(6-13)4-9(12)11(10)7(2)14/h4-6H,3H2,1-2H3. The number of carbonyl (C=O) groups excluding carboxylic acids is 2. The Hall–Kier alpha value is -1.35. The summed E-state index contributed by atoms with van der Waals surface area (Å²) in [6, 6.07) is 2.97. The van der Waals surface area contributed by atoms with Crippen LogP contribution in [0.5, 0.6) is 5.75 Å². The van der Waals surface area contributed by atoms with E-state index in [1.807, 2.05) is 0 Å². The van der Waals surface area contributed by atoms with Crippen molar-refractivity contribution < 1.29 is 14.3 Å². The molecule has 1 aromatic rings. The lowest BCUT2D eigenvalue weighted by Crippen LogP contribution is -2.02. The van der Waals surface area contributed by atoms with Crippen LogP contribution in [0.2, 0.25) is 5.02 Å². The van der Waals surface area contributed by atoms with Crippen LogP contribution >= 0.6 is 11.6 Å². The van der Waals surface area contributed by atoms with Crippen LogP contribution in [0.4, 0.5) is 0 Å². The lowest BCUT2D eigenvalue weighted by atomic mass is 10.1. The number of ketones is 1. The molecule has 0 atom stereocenters. The molecule has 0 fully saturated rings. The fourth-order valence-electron chi connectivity index (χ4n) is 1.28. The molecule has 0 aliphatic rings. The predicted octanol–water partition coefficient (Wildman–Crippen LogP) is 2.75. The summed E-state index contributed by atoms with van der Waals surface area (Å²) in [4.78, 5) is 21.9. The molecule has 80 valence electrons. The van der Waals surface area contributed by atoms with Crippen LogP contribution in [0.1, 0.15) is 34.6 Å². The summed E-state index contributed by atoms with van der Waals surface area (Å²) in [5, 5.41) is 0.246. The summed E-state index contributed by atoms with van der Waals surface area (Å²) in [7, 11) is 0. The Labute approximate surface area is 93.0 Å². The van der Waals surface area contributed by atoms with Crippen molar-refractivity contribution >= 4 is 23.7 Å². The van der Waals surface area contributed by atoms with Crippen molar-refractivity contribution in [1.82, 2.24) is 0 Å². The highest BCUT2D eigenvalue weighted by molar-refractivity contribution is 6.34. The number of halogens is 1. The first kappa shape index (κ1) is 11.7. The van der Waals surface area contributed by atoms with E-state index in [0.717, 1.165) is 0 Å². The fourth-order valence-corrected chi connectivity index (χ4v) is 1.63. The number of ether oxygens (including phenoxy) is 1. The average Bonchev–Trinajstić information content (AvgIpc) is 2.16. The Morgan fingerprint density at radius 3 is 2.67 bits per heavy atom. The molecule has 0 saturated carbocycles. The van der Waals surface area contributed by atoms with Gasteiger partial charge >= 0.3 is 0 Å². The SMILES string of the molecule is CCOc1cc(C=O)cc(Cl)c1C(C)=O. The van der Waals surface area contributed by atoms with E-state index < -0.39 is 0 Å². The quantitative estimate of drug-likeness (QED) is 0.586. The molecule has 0 amide bonds. The topological polar surface area (TPSA) is 43.4 Å². The van der Waals surface area contributed by atoms with Gasteiger partial charge in [0.15, 0.2) is 5.78 Å². The van der Waals surface area contributed by atoms with Gasteiger partial charge < -0.3 is 4.74 Å². The first-order valence-electron chi connectivity index (χ1n) is 4.52. The highest BCUT2D eigenvalue weighted by atomic mass is 35.5. The average molecular weight is 227 g/mol. The van der Waals surface area contributed by atoms with E-state index in [4.69, 9.17) is 16.3 Å². The first-order chi connectivity index (χ1) is 7.10. The van der Waals surface area contributed by atoms with Crippen molar-refractivity contribution in [2.75, 3.05) is 6.61 Å². The summed E-state index contributed by atoms with van der Waals surface area (Å²) >= 11 is 5.88. The van der Waals surface area contributed by atoms with Crippen molar-refractivity contribution in [3.63, 3.8) is 0 Å². The second-order valence-electron chi connectivity index (χ2n) is 2.98. The number of hydrogen-bond donors (Lipinski definition) is 0. The van der Waals surface area contributed by atoms with Crippen LogP contribution in [0, 0.1) is 0 Å². The molecular weight excluding hydrogens is 216 g/mol. The van der Waals surface area contributed by atoms with E-state index in [2.05, 4.69) is 0 Å². The molecule has 4 heteroatoms. The zero-order valence-electron chi connectivity index (χ0n) is 8.54. The zero-order chi connectivity index (χ0) is 11.4. The van der Waals surface area contributed by atoms with Crippen molar-refractivity contribution in [2.24, 2.45) is 0 Å². The van der Waals surface area contributed by atoms with Crippen molar-refractivity contribution in [2.45, 2.75) is 13.8 Å². The highest BCUT2D eigenvalue weighted by Gasteiger charge is 2.14. The number of aldehydes is 1. The smallest absolute Gasteiger partial charge is 0.165 e. The summed E-state index contributed by atoms with van der Waals surface area (Å²) in [5.74, 6) is 0.181. The first-order valence-corrected chi connectivity index (χ1v) is 4.90. The lowest BCUT2D eigenvalue weighted by molar-refractivity contribution is 0.101. The van der Waals surface area contributed by atoms with Crippen LogP contribution in [0.25, 0.3) is 0 Å². The molecule has 1 aromatic carbocycles. The van der Waals surface area contributed by atoms with Crippen LogP contribution in [0.15, 0.2) is 12.1 Å². The molecule has 3 nitrogen and oxygen atoms in total. The van der Waals surface area contributed by atoms with Crippen molar-refractivity contribution in [3.05, 3.63) is 28.3 Å². The second kappa shape index (κ2) is 4.94. The van der Waals surface area contributed by atoms with Gasteiger partial charge in [-0.1, -0.05) is 11.6 Å². The largest absolute Gasteiger partial charge is 0.493 e. The molecule has 0 N–H and O–H groups in total. The lowest BCUT2D eigenvalue weighted by Gasteiger charge is -2.10. The zero-order valence-corrected chi connectivity index (χ0v) is 9.30. The number of Topliss-reactive ketones (excluding diaryl/α,β-unsaturated/α-hetero) is 1. The van der Waals surface area contributed by atoms with Gasteiger partial charge in [-0.15, -0.1) is 0 Å². The van der Waals surface area contributed by atoms with E-state index in [9.17, 15) is 9.59 Å². The van der Waals surface area contributed by atoms with Crippen LogP contribution in [0.3, 0.4) is 0 Å². The van der Waals surface area contributed by atoms with Gasteiger partial charge in [0.05, 0.1) is 17.2 Å². The third-order valence-corrected chi connectivity index (χ3v) is 2.16. The van der Waals surface area contributed by atoms with Gasteiger partial charge in [-0.05, 0) is 26.0 Å². The highest BCUT2D eigenvalue weighted by Crippen LogP contribution is 2.28. The van der Waals surface area contributed by atoms with Crippen LogP contribution < -0.4 is 4.74 Å². The Kier molecular flexibility index (Phi) is 3.86. The Bertz CT molecular complexity index is 399. The fraction of sp³-hybridized carbons (Fsp3) is 0.273. The summed E-state index contributed by atoms with van der Waals surface area (Å²) in [6.07, 6.45) is 0.665. The van der Waals surface area contributed by atoms with Crippen LogP contribution in [-0.2, 0) is 0 Å². The summed E-state index contributed by atoms with van der Waals surface area (Å²) in [6.45, 7) is 3.62. The van der Waals surface area contributed by atoms with E-state index in [1.165, 1.54) is 19.1 Å². The number of carbonyl (C=O) groups is 2. The summed E-state index contributed by atoms with van der Waals surface area (Å²) in [5.41, 5.74) is 0.720. The van der Waals surface area contributed by atoms with Gasteiger partial charge in [-0.3, -0.25) is 9.59 Å². The minimum Gasteiger partial charge on any atom is -0.493 e. The maximum atomic E-state index is 11.3. The normalized spacial score (nSPS) is 9.80. The molecular formula is C11H11ClO3. The molecule has 1 rings (SSSR count). The molecule has 0 aliphatic carbocycles. The molecule has 0 saturated heterocycles. The maximum Gasteiger partial charge on any atom is 0.165 e. The minimum absolute atomic E-state index is 0.180. The van der Waals surface area contributed by atoms with E-state index in [-0.39, 0.29) is 10.8 Å². The number of hydrogen-bond acceptors (Lipinski definition) is 3. The number of rotatable bonds is 4. The second-order valence-corrected chi connectivity index (χ2v) is 3.39. The van der Waals surface area contributed by atoms with Gasteiger partial charge in [0.1, 0.15) is 12.0 Å². The minimum atomic E-state index is -0.180. The van der Waals surface area contributed by atoms with Gasteiger partial charge in [-0.2, -0.15) is 0 Å². The van der Waals surface area contributed by atoms with E-state index in [0.29, 0.717) is 29.8 Å². The van der Waals surface area contributed by atoms with Gasteiger partial charge in [0, 0.05) is 5.56 Å². The molecule has 0 radical (unpaired) electrons. The molecule has 0 aromatic heterocycles. The Balaban J connectivity index is 3.34. The summed E-state index contributed by atoms with van der Waals surface area (Å²) < 4.78 is 5.26. The number of benzene rings is 1. The van der Waals surface area contributed by atoms with Crippen LogP contribution in [-0.4, -0.2) is 18.7 Å².